The van der Waals surface area contributed by atoms with Crippen LogP contribution in [0.25, 0.3) is 0 Å². The fraction of sp³-hybridized carbons (Fsp3) is 0.556. The number of nitrogens with zero attached hydrogens (tertiary/aromatic N) is 3. The van der Waals surface area contributed by atoms with Gasteiger partial charge < -0.3 is 5.11 Å². The lowest BCUT2D eigenvalue weighted by Crippen LogP contribution is -2.19. The molecule has 14 heavy (non-hydrogen) atoms. The van der Waals surface area contributed by atoms with E-state index >= 15 is 0 Å². The van der Waals surface area contributed by atoms with Crippen LogP contribution in [-0.4, -0.2) is 15.4 Å². The van der Waals surface area contributed by atoms with Gasteiger partial charge in [0.2, 0.25) is 4.80 Å². The average molecular weight is 213 g/mol. The standard InChI is InChI=1S/C9H15N3OS/c1-6(2)10-11-9-12(8(4)13)7(3)5-14-9/h5,8,13H,1-4H3/b11-9-. The molecule has 1 aromatic heterocycles. The van der Waals surface area contributed by atoms with Crippen LogP contribution in [0.15, 0.2) is 15.6 Å². The Kier molecular flexibility index (Phi) is 3.60. The van der Waals surface area contributed by atoms with Crippen LogP contribution >= 0.6 is 11.3 Å². The van der Waals surface area contributed by atoms with Gasteiger partial charge in [0.05, 0.1) is 0 Å². The molecule has 0 radical (unpaired) electrons. The third kappa shape index (κ3) is 2.52. The van der Waals surface area contributed by atoms with Crippen LogP contribution in [-0.2, 0) is 0 Å². The Morgan fingerprint density at radius 3 is 2.71 bits per heavy atom. The van der Waals surface area contributed by atoms with Crippen LogP contribution in [0, 0.1) is 6.92 Å². The van der Waals surface area contributed by atoms with Crippen molar-refractivity contribution in [2.45, 2.75) is 33.9 Å². The van der Waals surface area contributed by atoms with Crippen molar-refractivity contribution in [3.8, 4) is 0 Å². The Morgan fingerprint density at radius 1 is 1.57 bits per heavy atom. The number of rotatable bonds is 2. The summed E-state index contributed by atoms with van der Waals surface area (Å²) in [6.45, 7) is 7.42. The Hall–Kier alpha value is -0.940. The molecule has 1 aromatic rings. The van der Waals surface area contributed by atoms with E-state index in [0.717, 1.165) is 16.2 Å². The summed E-state index contributed by atoms with van der Waals surface area (Å²) in [5, 5.41) is 19.5. The zero-order valence-electron chi connectivity index (χ0n) is 8.85. The van der Waals surface area contributed by atoms with E-state index in [0.29, 0.717) is 0 Å². The molecule has 0 aliphatic heterocycles. The van der Waals surface area contributed by atoms with Crippen molar-refractivity contribution in [2.75, 3.05) is 0 Å². The highest BCUT2D eigenvalue weighted by atomic mass is 32.1. The molecule has 78 valence electrons. The number of aryl methyl sites for hydroxylation is 1. The number of aliphatic hydroxyl groups is 1. The zero-order chi connectivity index (χ0) is 10.7. The number of hydrogen-bond acceptors (Lipinski definition) is 4. The summed E-state index contributed by atoms with van der Waals surface area (Å²) >= 11 is 1.48. The van der Waals surface area contributed by atoms with Gasteiger partial charge in [0.15, 0.2) is 0 Å². The van der Waals surface area contributed by atoms with Gasteiger partial charge in [0.1, 0.15) is 6.23 Å². The summed E-state index contributed by atoms with van der Waals surface area (Å²) < 4.78 is 1.75. The van der Waals surface area contributed by atoms with Crippen molar-refractivity contribution >= 4 is 17.0 Å². The van der Waals surface area contributed by atoms with Crippen LogP contribution < -0.4 is 4.80 Å². The van der Waals surface area contributed by atoms with Crippen LogP contribution in [0.4, 0.5) is 0 Å². The molecule has 5 heteroatoms. The van der Waals surface area contributed by atoms with Crippen molar-refractivity contribution in [1.82, 2.24) is 4.57 Å². The van der Waals surface area contributed by atoms with E-state index < -0.39 is 6.23 Å². The third-order valence-electron chi connectivity index (χ3n) is 1.63. The van der Waals surface area contributed by atoms with Gasteiger partial charge in [0.25, 0.3) is 0 Å². The Morgan fingerprint density at radius 2 is 2.21 bits per heavy atom. The van der Waals surface area contributed by atoms with Crippen molar-refractivity contribution in [3.05, 3.63) is 15.9 Å². The maximum atomic E-state index is 9.50. The van der Waals surface area contributed by atoms with Gasteiger partial charge in [0, 0.05) is 16.8 Å². The third-order valence-corrected chi connectivity index (χ3v) is 2.58. The van der Waals surface area contributed by atoms with Crippen molar-refractivity contribution in [1.29, 1.82) is 0 Å². The number of thiazole rings is 1. The molecule has 0 amide bonds. The van der Waals surface area contributed by atoms with E-state index in [1.807, 2.05) is 26.2 Å². The monoisotopic (exact) mass is 213 g/mol. The minimum absolute atomic E-state index is 0.563. The molecule has 0 saturated carbocycles. The summed E-state index contributed by atoms with van der Waals surface area (Å²) in [5.74, 6) is 0. The Labute approximate surface area is 87.2 Å². The van der Waals surface area contributed by atoms with E-state index in [9.17, 15) is 5.11 Å². The van der Waals surface area contributed by atoms with Gasteiger partial charge >= 0.3 is 0 Å². The molecule has 1 heterocycles. The fourth-order valence-corrected chi connectivity index (χ4v) is 1.96. The van der Waals surface area contributed by atoms with Crippen molar-refractivity contribution < 1.29 is 5.11 Å². The molecule has 1 unspecified atom stereocenters. The second-order valence-corrected chi connectivity index (χ2v) is 4.15. The SMILES string of the molecule is CC(C)=N/N=c1\scc(C)n1C(C)O. The molecule has 0 bridgehead atoms. The summed E-state index contributed by atoms with van der Waals surface area (Å²) in [5.41, 5.74) is 1.89. The first-order valence-electron chi connectivity index (χ1n) is 4.42. The van der Waals surface area contributed by atoms with E-state index in [1.165, 1.54) is 11.3 Å². The molecule has 1 rings (SSSR count). The Balaban J connectivity index is 3.22. The molecular formula is C9H15N3OS. The molecule has 0 aliphatic carbocycles. The molecule has 0 spiro atoms. The lowest BCUT2D eigenvalue weighted by Gasteiger charge is -2.07. The lowest BCUT2D eigenvalue weighted by molar-refractivity contribution is 0.119. The van der Waals surface area contributed by atoms with Crippen molar-refractivity contribution in [3.63, 3.8) is 0 Å². The van der Waals surface area contributed by atoms with Crippen LogP contribution in [0.1, 0.15) is 32.7 Å². The van der Waals surface area contributed by atoms with Gasteiger partial charge in [-0.05, 0) is 27.7 Å². The van der Waals surface area contributed by atoms with Crippen LogP contribution in [0.2, 0.25) is 0 Å². The van der Waals surface area contributed by atoms with E-state index in [2.05, 4.69) is 10.2 Å². The van der Waals surface area contributed by atoms with E-state index in [-0.39, 0.29) is 0 Å². The van der Waals surface area contributed by atoms with Crippen molar-refractivity contribution in [2.24, 2.45) is 10.2 Å². The molecule has 0 aromatic carbocycles. The average Bonchev–Trinajstić information content (AvgIpc) is 2.43. The maximum absolute atomic E-state index is 9.50. The van der Waals surface area contributed by atoms with Gasteiger partial charge in [-0.15, -0.1) is 16.4 Å². The van der Waals surface area contributed by atoms with E-state index in [4.69, 9.17) is 0 Å². The van der Waals surface area contributed by atoms with Gasteiger partial charge in [-0.2, -0.15) is 5.10 Å². The predicted molar refractivity (Wildman–Crippen MR) is 58.3 cm³/mol. The summed E-state index contributed by atoms with van der Waals surface area (Å²) in [6.07, 6.45) is -0.563. The number of aromatic nitrogens is 1. The Bertz CT molecular complexity index is 396. The zero-order valence-corrected chi connectivity index (χ0v) is 9.67. The van der Waals surface area contributed by atoms with Crippen LogP contribution in [0.5, 0.6) is 0 Å². The van der Waals surface area contributed by atoms with Gasteiger partial charge in [-0.25, -0.2) is 0 Å². The predicted octanol–water partition coefficient (Wildman–Crippen LogP) is 1.67. The summed E-state index contributed by atoms with van der Waals surface area (Å²) in [7, 11) is 0. The molecule has 0 fully saturated rings. The minimum Gasteiger partial charge on any atom is -0.373 e. The number of hydrogen-bond donors (Lipinski definition) is 1. The summed E-state index contributed by atoms with van der Waals surface area (Å²) in [4.78, 5) is 0.721. The van der Waals surface area contributed by atoms with Gasteiger partial charge in [-0.3, -0.25) is 4.57 Å². The van der Waals surface area contributed by atoms with Gasteiger partial charge in [-0.1, -0.05) is 0 Å². The highest BCUT2D eigenvalue weighted by Gasteiger charge is 2.05. The molecule has 1 atom stereocenters. The minimum atomic E-state index is -0.563. The molecular weight excluding hydrogens is 198 g/mol. The van der Waals surface area contributed by atoms with Crippen LogP contribution in [0.3, 0.4) is 0 Å². The normalized spacial score (nSPS) is 14.2. The second kappa shape index (κ2) is 4.52. The first kappa shape index (κ1) is 11.1. The highest BCUT2D eigenvalue weighted by Crippen LogP contribution is 2.06. The largest absolute Gasteiger partial charge is 0.373 e. The first-order chi connectivity index (χ1) is 6.52. The molecule has 0 aliphatic rings. The fourth-order valence-electron chi connectivity index (χ4n) is 1.07. The second-order valence-electron chi connectivity index (χ2n) is 3.31. The topological polar surface area (TPSA) is 49.9 Å². The lowest BCUT2D eigenvalue weighted by atomic mass is 10.5. The molecule has 1 N–H and O–H groups in total. The maximum Gasteiger partial charge on any atom is 0.212 e. The molecule has 0 saturated heterocycles. The number of aliphatic hydroxyl groups excluding tert-OH is 1. The van der Waals surface area contributed by atoms with E-state index in [1.54, 1.807) is 11.5 Å². The first-order valence-corrected chi connectivity index (χ1v) is 5.30. The summed E-state index contributed by atoms with van der Waals surface area (Å²) in [6, 6.07) is 0. The molecule has 4 nitrogen and oxygen atoms in total. The smallest absolute Gasteiger partial charge is 0.212 e. The quantitative estimate of drug-likeness (QED) is 0.589. The highest BCUT2D eigenvalue weighted by molar-refractivity contribution is 7.07.